The van der Waals surface area contributed by atoms with E-state index in [0.29, 0.717) is 40.5 Å². The summed E-state index contributed by atoms with van der Waals surface area (Å²) in [6.07, 6.45) is 3.98. The van der Waals surface area contributed by atoms with Gasteiger partial charge in [0.2, 0.25) is 11.8 Å². The normalized spacial score (nSPS) is 14.8. The molecule has 8 nitrogen and oxygen atoms in total. The maximum atomic E-state index is 13.6. The molecular formula is C30H27ClN4O4. The second kappa shape index (κ2) is 11.1. The molecule has 0 saturated heterocycles. The molecule has 9 heteroatoms. The smallest absolute Gasteiger partial charge is 0.254 e. The molecule has 5 rings (SSSR count). The van der Waals surface area contributed by atoms with Crippen LogP contribution in [0.25, 0.3) is 0 Å². The van der Waals surface area contributed by atoms with Gasteiger partial charge in [-0.2, -0.15) is 0 Å². The lowest BCUT2D eigenvalue weighted by atomic mass is 10.0. The van der Waals surface area contributed by atoms with E-state index < -0.39 is 5.91 Å². The van der Waals surface area contributed by atoms with Gasteiger partial charge in [0.15, 0.2) is 0 Å². The maximum Gasteiger partial charge on any atom is 0.254 e. The number of nitrogens with two attached hydrogens (primary N) is 1. The minimum absolute atomic E-state index is 0.0407. The van der Waals surface area contributed by atoms with E-state index >= 15 is 0 Å². The molecule has 0 bridgehead atoms. The Labute approximate surface area is 231 Å². The summed E-state index contributed by atoms with van der Waals surface area (Å²) in [7, 11) is 0. The van der Waals surface area contributed by atoms with Gasteiger partial charge in [0.25, 0.3) is 11.8 Å². The number of nitrogens with zero attached hydrogens (tertiary/aromatic N) is 3. The van der Waals surface area contributed by atoms with Crippen molar-refractivity contribution in [2.45, 2.75) is 19.5 Å². The fourth-order valence-corrected chi connectivity index (χ4v) is 4.96. The second-order valence-electron chi connectivity index (χ2n) is 9.63. The highest BCUT2D eigenvalue weighted by Gasteiger charge is 2.30. The van der Waals surface area contributed by atoms with Crippen molar-refractivity contribution < 1.29 is 19.2 Å². The number of primary amides is 1. The van der Waals surface area contributed by atoms with Gasteiger partial charge in [0.1, 0.15) is 6.54 Å². The molecule has 0 aliphatic carbocycles. The number of carbonyl (C=O) groups excluding carboxylic acids is 4. The van der Waals surface area contributed by atoms with Crippen molar-refractivity contribution >= 4 is 40.9 Å². The van der Waals surface area contributed by atoms with Crippen molar-refractivity contribution in [2.24, 2.45) is 5.73 Å². The predicted octanol–water partition coefficient (Wildman–Crippen LogP) is 3.57. The maximum absolute atomic E-state index is 13.6. The molecule has 3 aromatic carbocycles. The Hall–Kier alpha value is -4.43. The van der Waals surface area contributed by atoms with Gasteiger partial charge < -0.3 is 20.4 Å². The van der Waals surface area contributed by atoms with Crippen LogP contribution >= 0.6 is 11.6 Å². The molecule has 2 heterocycles. The van der Waals surface area contributed by atoms with E-state index in [-0.39, 0.29) is 43.8 Å². The molecule has 2 N–H and O–H groups in total. The molecule has 4 amide bonds. The topological polar surface area (TPSA) is 104 Å². The summed E-state index contributed by atoms with van der Waals surface area (Å²) < 4.78 is 0. The van der Waals surface area contributed by atoms with Gasteiger partial charge in [-0.05, 0) is 59.2 Å². The molecule has 2 aliphatic heterocycles. The summed E-state index contributed by atoms with van der Waals surface area (Å²) in [6, 6.07) is 19.1. The van der Waals surface area contributed by atoms with Crippen LogP contribution in [-0.2, 0) is 29.1 Å². The van der Waals surface area contributed by atoms with Crippen molar-refractivity contribution in [3.8, 4) is 0 Å². The Bertz CT molecular complexity index is 1460. The van der Waals surface area contributed by atoms with Gasteiger partial charge in [-0.25, -0.2) is 0 Å². The summed E-state index contributed by atoms with van der Waals surface area (Å²) in [6.45, 7) is 1.51. The van der Waals surface area contributed by atoms with E-state index in [9.17, 15) is 19.2 Å². The van der Waals surface area contributed by atoms with Crippen LogP contribution < -0.4 is 10.6 Å². The molecule has 0 radical (unpaired) electrons. The first-order valence-corrected chi connectivity index (χ1v) is 12.9. The molecule has 0 fully saturated rings. The number of carbonyl (C=O) groups is 4. The van der Waals surface area contributed by atoms with E-state index in [4.69, 9.17) is 17.3 Å². The highest BCUT2D eigenvalue weighted by Crippen LogP contribution is 2.30. The standard InChI is InChI=1S/C30H27ClN4O4/c31-25-10-8-23(9-11-25)30(39)34-18-24-15-21(16-27(32)36)5-12-26(24)35(28(37)19-34)17-20-3-6-22(7-4-20)29(38)33-13-1-2-14-33/h1-12,15H,13-14,16-19H2,(H2,32,36). The third-order valence-corrected chi connectivity index (χ3v) is 7.08. The minimum atomic E-state index is -0.468. The van der Waals surface area contributed by atoms with E-state index in [0.717, 1.165) is 11.1 Å². The van der Waals surface area contributed by atoms with Crippen molar-refractivity contribution in [3.63, 3.8) is 0 Å². The molecular weight excluding hydrogens is 516 g/mol. The van der Waals surface area contributed by atoms with Gasteiger partial charge in [0, 0.05) is 41.5 Å². The van der Waals surface area contributed by atoms with Crippen molar-refractivity contribution in [1.29, 1.82) is 0 Å². The monoisotopic (exact) mass is 542 g/mol. The van der Waals surface area contributed by atoms with Gasteiger partial charge in [-0.1, -0.05) is 48.0 Å². The molecule has 0 unspecified atom stereocenters. The molecule has 0 aromatic heterocycles. The number of rotatable bonds is 6. The highest BCUT2D eigenvalue weighted by atomic mass is 35.5. The van der Waals surface area contributed by atoms with Crippen LogP contribution in [0.15, 0.2) is 78.9 Å². The molecule has 0 atom stereocenters. The Morgan fingerprint density at radius 2 is 1.36 bits per heavy atom. The van der Waals surface area contributed by atoms with Crippen molar-refractivity contribution in [1.82, 2.24) is 9.80 Å². The number of benzene rings is 3. The SMILES string of the molecule is NC(=O)Cc1ccc2c(c1)CN(C(=O)c1ccc(Cl)cc1)CC(=O)N2Cc1ccc(C(=O)N2CC=CC2)cc1. The molecule has 198 valence electrons. The number of hydrogen-bond donors (Lipinski definition) is 1. The first-order chi connectivity index (χ1) is 18.8. The van der Waals surface area contributed by atoms with Gasteiger partial charge in [-0.3, -0.25) is 19.2 Å². The van der Waals surface area contributed by atoms with Crippen LogP contribution in [0.4, 0.5) is 5.69 Å². The summed E-state index contributed by atoms with van der Waals surface area (Å²) in [5.41, 5.74) is 9.34. The number of anilines is 1. The van der Waals surface area contributed by atoms with Gasteiger partial charge >= 0.3 is 0 Å². The molecule has 3 aromatic rings. The van der Waals surface area contributed by atoms with Crippen LogP contribution in [0, 0.1) is 0 Å². The zero-order chi connectivity index (χ0) is 27.5. The first kappa shape index (κ1) is 26.2. The predicted molar refractivity (Wildman–Crippen MR) is 148 cm³/mol. The number of hydrogen-bond acceptors (Lipinski definition) is 4. The first-order valence-electron chi connectivity index (χ1n) is 12.6. The Kier molecular flexibility index (Phi) is 7.47. The van der Waals surface area contributed by atoms with E-state index in [1.165, 1.54) is 4.90 Å². The Balaban J connectivity index is 1.43. The zero-order valence-electron chi connectivity index (χ0n) is 21.2. The quantitative estimate of drug-likeness (QED) is 0.481. The third-order valence-electron chi connectivity index (χ3n) is 6.83. The summed E-state index contributed by atoms with van der Waals surface area (Å²) >= 11 is 5.99. The molecule has 0 saturated carbocycles. The zero-order valence-corrected chi connectivity index (χ0v) is 21.9. The lowest BCUT2D eigenvalue weighted by Crippen LogP contribution is -2.39. The Morgan fingerprint density at radius 3 is 2.00 bits per heavy atom. The average molecular weight is 543 g/mol. The lowest BCUT2D eigenvalue weighted by Gasteiger charge is -2.24. The van der Waals surface area contributed by atoms with E-state index in [1.54, 1.807) is 58.3 Å². The van der Waals surface area contributed by atoms with Crippen molar-refractivity contribution in [2.75, 3.05) is 24.5 Å². The van der Waals surface area contributed by atoms with E-state index in [1.807, 2.05) is 30.4 Å². The van der Waals surface area contributed by atoms with Gasteiger partial charge in [0.05, 0.1) is 13.0 Å². The van der Waals surface area contributed by atoms with Crippen LogP contribution in [0.1, 0.15) is 37.4 Å². The second-order valence-corrected chi connectivity index (χ2v) is 10.1. The number of halogens is 1. The summed E-state index contributed by atoms with van der Waals surface area (Å²) in [4.78, 5) is 56.1. The van der Waals surface area contributed by atoms with Crippen LogP contribution in [0.3, 0.4) is 0 Å². The largest absolute Gasteiger partial charge is 0.369 e. The summed E-state index contributed by atoms with van der Waals surface area (Å²) in [5.74, 6) is -1.06. The number of fused-ring (bicyclic) bond motifs is 1. The van der Waals surface area contributed by atoms with Crippen LogP contribution in [-0.4, -0.2) is 53.1 Å². The van der Waals surface area contributed by atoms with Crippen LogP contribution in [0.5, 0.6) is 0 Å². The van der Waals surface area contributed by atoms with Crippen molar-refractivity contribution in [3.05, 3.63) is 112 Å². The van der Waals surface area contributed by atoms with E-state index in [2.05, 4.69) is 0 Å². The lowest BCUT2D eigenvalue weighted by molar-refractivity contribution is -0.119. The molecule has 39 heavy (non-hydrogen) atoms. The molecule has 2 aliphatic rings. The fraction of sp³-hybridized carbons (Fsp3) is 0.200. The van der Waals surface area contributed by atoms with Crippen LogP contribution in [0.2, 0.25) is 5.02 Å². The Morgan fingerprint density at radius 1 is 0.769 bits per heavy atom. The fourth-order valence-electron chi connectivity index (χ4n) is 4.84. The molecule has 0 spiro atoms. The summed E-state index contributed by atoms with van der Waals surface area (Å²) in [5, 5.41) is 0.510. The minimum Gasteiger partial charge on any atom is -0.369 e. The average Bonchev–Trinajstić information content (AvgIpc) is 3.42. The highest BCUT2D eigenvalue weighted by molar-refractivity contribution is 6.30. The number of amides is 4. The third kappa shape index (κ3) is 5.86. The van der Waals surface area contributed by atoms with Gasteiger partial charge in [-0.15, -0.1) is 0 Å².